The van der Waals surface area contributed by atoms with Crippen LogP contribution in [-0.4, -0.2) is 18.1 Å². The van der Waals surface area contributed by atoms with Crippen molar-refractivity contribution in [3.8, 4) is 5.75 Å². The summed E-state index contributed by atoms with van der Waals surface area (Å²) >= 11 is 0. The van der Waals surface area contributed by atoms with Gasteiger partial charge in [0.15, 0.2) is 0 Å². The highest BCUT2D eigenvalue weighted by Gasteiger charge is 2.45. The van der Waals surface area contributed by atoms with E-state index in [2.05, 4.69) is 12.2 Å². The Kier molecular flexibility index (Phi) is 4.04. The summed E-state index contributed by atoms with van der Waals surface area (Å²) < 4.78 is 6.04. The van der Waals surface area contributed by atoms with E-state index in [-0.39, 0.29) is 17.9 Å². The molecule has 1 aliphatic heterocycles. The second-order valence-corrected chi connectivity index (χ2v) is 6.19. The van der Waals surface area contributed by atoms with Crippen molar-refractivity contribution < 1.29 is 9.53 Å². The van der Waals surface area contributed by atoms with Gasteiger partial charge in [-0.25, -0.2) is 0 Å². The molecular weight excluding hydrogens is 252 g/mol. The molecule has 0 spiro atoms. The summed E-state index contributed by atoms with van der Waals surface area (Å²) in [4.78, 5) is 11.6. The van der Waals surface area contributed by atoms with Gasteiger partial charge in [-0.15, -0.1) is 0 Å². The maximum absolute atomic E-state index is 11.6. The van der Waals surface area contributed by atoms with E-state index in [1.807, 2.05) is 38.1 Å². The average Bonchev–Trinajstić information content (AvgIpc) is 2.34. The number of hydrogen-bond donors (Lipinski definition) is 2. The second-order valence-electron chi connectivity index (χ2n) is 6.19. The maximum Gasteiger partial charge on any atom is 0.219 e. The van der Waals surface area contributed by atoms with Crippen LogP contribution in [0.15, 0.2) is 24.3 Å². The molecule has 0 saturated heterocycles. The molecule has 3 N–H and O–H groups in total. The van der Waals surface area contributed by atoms with E-state index in [0.29, 0.717) is 0 Å². The number of carbonyl (C=O) groups excluding carboxylic acids is 1. The van der Waals surface area contributed by atoms with Gasteiger partial charge in [-0.05, 0) is 32.9 Å². The third-order valence-electron chi connectivity index (χ3n) is 3.71. The number of hydrogen-bond acceptors (Lipinski definition) is 3. The van der Waals surface area contributed by atoms with Crippen LogP contribution in [0.2, 0.25) is 0 Å². The van der Waals surface area contributed by atoms with E-state index >= 15 is 0 Å². The topological polar surface area (TPSA) is 64.3 Å². The van der Waals surface area contributed by atoms with Crippen molar-refractivity contribution in [2.45, 2.75) is 51.2 Å². The van der Waals surface area contributed by atoms with Gasteiger partial charge < -0.3 is 15.8 Å². The Bertz CT molecular complexity index is 499. The lowest BCUT2D eigenvalue weighted by atomic mass is 9.75. The van der Waals surface area contributed by atoms with Gasteiger partial charge >= 0.3 is 0 Å². The number of primary amides is 1. The summed E-state index contributed by atoms with van der Waals surface area (Å²) in [5.74, 6) is 0.551. The van der Waals surface area contributed by atoms with Crippen LogP contribution in [0.25, 0.3) is 0 Å². The molecule has 1 atom stereocenters. The molecule has 1 heterocycles. The Morgan fingerprint density at radius 2 is 2.10 bits per heavy atom. The molecule has 0 aromatic heterocycles. The molecule has 1 unspecified atom stereocenters. The molecule has 0 radical (unpaired) electrons. The summed E-state index contributed by atoms with van der Waals surface area (Å²) in [6, 6.07) is 7.91. The van der Waals surface area contributed by atoms with E-state index in [1.165, 1.54) is 0 Å². The van der Waals surface area contributed by atoms with Crippen LogP contribution in [0.1, 0.15) is 45.6 Å². The highest BCUT2D eigenvalue weighted by atomic mass is 16.5. The van der Waals surface area contributed by atoms with Gasteiger partial charge in [-0.3, -0.25) is 4.79 Å². The molecule has 20 heavy (non-hydrogen) atoms. The number of rotatable bonds is 5. The quantitative estimate of drug-likeness (QED) is 0.867. The Labute approximate surface area is 120 Å². The predicted octanol–water partition coefficient (Wildman–Crippen LogP) is 2.32. The van der Waals surface area contributed by atoms with Crippen molar-refractivity contribution in [1.29, 1.82) is 0 Å². The first kappa shape index (κ1) is 14.9. The van der Waals surface area contributed by atoms with E-state index in [1.54, 1.807) is 0 Å². The van der Waals surface area contributed by atoms with Crippen molar-refractivity contribution in [1.82, 2.24) is 5.32 Å². The van der Waals surface area contributed by atoms with Crippen molar-refractivity contribution in [3.05, 3.63) is 29.8 Å². The Balaban J connectivity index is 2.49. The summed E-state index contributed by atoms with van der Waals surface area (Å²) in [5, 5.41) is 3.55. The lowest BCUT2D eigenvalue weighted by Gasteiger charge is -2.46. The molecule has 0 saturated carbocycles. The van der Waals surface area contributed by atoms with E-state index in [0.717, 1.165) is 30.7 Å². The molecule has 1 aromatic rings. The number of nitrogens with two attached hydrogens (primary N) is 1. The zero-order chi connectivity index (χ0) is 14.8. The smallest absolute Gasteiger partial charge is 0.219 e. The maximum atomic E-state index is 11.6. The fourth-order valence-electron chi connectivity index (χ4n) is 3.15. The van der Waals surface area contributed by atoms with Crippen LogP contribution < -0.4 is 15.8 Å². The van der Waals surface area contributed by atoms with Gasteiger partial charge in [-0.1, -0.05) is 25.1 Å². The minimum Gasteiger partial charge on any atom is -0.487 e. The van der Waals surface area contributed by atoms with Gasteiger partial charge in [0.1, 0.15) is 11.4 Å². The second kappa shape index (κ2) is 5.44. The lowest BCUT2D eigenvalue weighted by molar-refractivity contribution is -0.120. The first-order valence-electron chi connectivity index (χ1n) is 7.20. The monoisotopic (exact) mass is 276 g/mol. The van der Waals surface area contributed by atoms with Gasteiger partial charge in [0.05, 0.1) is 5.54 Å². The molecule has 2 rings (SSSR count). The largest absolute Gasteiger partial charge is 0.487 e. The average molecular weight is 276 g/mol. The van der Waals surface area contributed by atoms with Crippen LogP contribution in [-0.2, 0) is 10.3 Å². The minimum absolute atomic E-state index is 0.288. The highest BCUT2D eigenvalue weighted by molar-refractivity contribution is 5.76. The van der Waals surface area contributed by atoms with Gasteiger partial charge in [0, 0.05) is 18.4 Å². The summed E-state index contributed by atoms with van der Waals surface area (Å²) in [6.07, 6.45) is 2.01. The van der Waals surface area contributed by atoms with E-state index in [4.69, 9.17) is 10.5 Å². The summed E-state index contributed by atoms with van der Waals surface area (Å²) in [6.45, 7) is 7.05. The molecule has 4 heteroatoms. The summed E-state index contributed by atoms with van der Waals surface area (Å²) in [5.41, 5.74) is 5.78. The molecule has 0 bridgehead atoms. The van der Waals surface area contributed by atoms with Gasteiger partial charge in [0.25, 0.3) is 0 Å². The third-order valence-corrected chi connectivity index (χ3v) is 3.71. The normalized spacial score (nSPS) is 23.8. The van der Waals surface area contributed by atoms with Crippen LogP contribution in [0.4, 0.5) is 0 Å². The lowest BCUT2D eigenvalue weighted by Crippen LogP contribution is -2.54. The molecular formula is C16H24N2O2. The van der Waals surface area contributed by atoms with Crippen LogP contribution >= 0.6 is 0 Å². The van der Waals surface area contributed by atoms with Gasteiger partial charge in [-0.2, -0.15) is 0 Å². The standard InChI is InChI=1S/C16H24N2O2/c1-4-9-18-16(10-14(17)19)11-15(2,3)20-13-8-6-5-7-12(13)16/h5-8,18H,4,9-11H2,1-3H3,(H2,17,19). The SMILES string of the molecule is CCCNC1(CC(N)=O)CC(C)(C)Oc2ccccc21. The Morgan fingerprint density at radius 1 is 1.40 bits per heavy atom. The minimum atomic E-state index is -0.430. The van der Waals surface area contributed by atoms with E-state index < -0.39 is 5.54 Å². The van der Waals surface area contributed by atoms with Crippen molar-refractivity contribution >= 4 is 5.91 Å². The molecule has 1 aromatic carbocycles. The Morgan fingerprint density at radius 3 is 2.75 bits per heavy atom. The Hall–Kier alpha value is -1.55. The number of carbonyl (C=O) groups is 1. The van der Waals surface area contributed by atoms with Gasteiger partial charge in [0.2, 0.25) is 5.91 Å². The molecule has 1 aliphatic rings. The third kappa shape index (κ3) is 2.96. The fourth-order valence-corrected chi connectivity index (χ4v) is 3.15. The fraction of sp³-hybridized carbons (Fsp3) is 0.562. The van der Waals surface area contributed by atoms with Crippen molar-refractivity contribution in [2.24, 2.45) is 5.73 Å². The number of amides is 1. The zero-order valence-corrected chi connectivity index (χ0v) is 12.5. The molecule has 4 nitrogen and oxygen atoms in total. The number of nitrogens with one attached hydrogen (secondary N) is 1. The van der Waals surface area contributed by atoms with E-state index in [9.17, 15) is 4.79 Å². The zero-order valence-electron chi connectivity index (χ0n) is 12.5. The first-order chi connectivity index (χ1) is 9.38. The molecule has 110 valence electrons. The number of para-hydroxylation sites is 1. The van der Waals surface area contributed by atoms with Crippen molar-refractivity contribution in [2.75, 3.05) is 6.54 Å². The highest BCUT2D eigenvalue weighted by Crippen LogP contribution is 2.45. The molecule has 1 amide bonds. The number of benzene rings is 1. The summed E-state index contributed by atoms with van der Waals surface area (Å²) in [7, 11) is 0. The molecule has 0 fully saturated rings. The number of ether oxygens (including phenoxy) is 1. The first-order valence-corrected chi connectivity index (χ1v) is 7.20. The number of fused-ring (bicyclic) bond motifs is 1. The predicted molar refractivity (Wildman–Crippen MR) is 79.5 cm³/mol. The van der Waals surface area contributed by atoms with Crippen LogP contribution in [0.3, 0.4) is 0 Å². The van der Waals surface area contributed by atoms with Crippen LogP contribution in [0.5, 0.6) is 5.75 Å². The van der Waals surface area contributed by atoms with Crippen molar-refractivity contribution in [3.63, 3.8) is 0 Å². The van der Waals surface area contributed by atoms with Crippen LogP contribution in [0, 0.1) is 0 Å². The molecule has 0 aliphatic carbocycles.